The molecule has 1 aromatic rings. The summed E-state index contributed by atoms with van der Waals surface area (Å²) in [6, 6.07) is 10.0. The van der Waals surface area contributed by atoms with Crippen molar-refractivity contribution in [3.8, 4) is 0 Å². The normalized spacial score (nSPS) is 23.1. The van der Waals surface area contributed by atoms with Crippen LogP contribution >= 0.6 is 0 Å². The SMILES string of the molecule is O=C(O)[C@H]1CCN(CCCOCc2ccccc2)C[C@H]1O. The van der Waals surface area contributed by atoms with Gasteiger partial charge in [0.2, 0.25) is 0 Å². The van der Waals surface area contributed by atoms with Gasteiger partial charge in [0.05, 0.1) is 18.6 Å². The predicted molar refractivity (Wildman–Crippen MR) is 78.9 cm³/mol. The molecule has 0 saturated carbocycles. The largest absolute Gasteiger partial charge is 0.481 e. The fraction of sp³-hybridized carbons (Fsp3) is 0.562. The zero-order valence-corrected chi connectivity index (χ0v) is 12.1. The number of nitrogens with zero attached hydrogens (tertiary/aromatic N) is 1. The first-order valence-corrected chi connectivity index (χ1v) is 7.41. The van der Waals surface area contributed by atoms with E-state index in [1.54, 1.807) is 0 Å². The van der Waals surface area contributed by atoms with E-state index in [1.807, 2.05) is 30.3 Å². The summed E-state index contributed by atoms with van der Waals surface area (Å²) in [6.07, 6.45) is 0.639. The van der Waals surface area contributed by atoms with Gasteiger partial charge >= 0.3 is 5.97 Å². The lowest BCUT2D eigenvalue weighted by Crippen LogP contribution is -2.46. The van der Waals surface area contributed by atoms with Crippen molar-refractivity contribution in [3.05, 3.63) is 35.9 Å². The second-order valence-electron chi connectivity index (χ2n) is 5.49. The molecule has 0 amide bonds. The maximum absolute atomic E-state index is 10.9. The Bertz CT molecular complexity index is 437. The molecule has 0 bridgehead atoms. The number of carboxylic acid groups (broad SMARTS) is 1. The second kappa shape index (κ2) is 8.12. The molecule has 1 heterocycles. The van der Waals surface area contributed by atoms with Crippen LogP contribution in [0.4, 0.5) is 0 Å². The van der Waals surface area contributed by atoms with E-state index < -0.39 is 18.0 Å². The Balaban J connectivity index is 1.58. The predicted octanol–water partition coefficient (Wildman–Crippen LogP) is 1.36. The third-order valence-corrected chi connectivity index (χ3v) is 3.86. The first-order chi connectivity index (χ1) is 10.2. The van der Waals surface area contributed by atoms with Gasteiger partial charge < -0.3 is 19.8 Å². The lowest BCUT2D eigenvalue weighted by Gasteiger charge is -2.33. The summed E-state index contributed by atoms with van der Waals surface area (Å²) in [6.45, 7) is 3.29. The van der Waals surface area contributed by atoms with Crippen LogP contribution < -0.4 is 0 Å². The van der Waals surface area contributed by atoms with E-state index in [-0.39, 0.29) is 0 Å². The highest BCUT2D eigenvalue weighted by atomic mass is 16.5. The van der Waals surface area contributed by atoms with Gasteiger partial charge in [-0.05, 0) is 24.9 Å². The number of benzene rings is 1. The molecule has 2 rings (SSSR count). The molecule has 2 N–H and O–H groups in total. The topological polar surface area (TPSA) is 70.0 Å². The van der Waals surface area contributed by atoms with Crippen LogP contribution in [-0.4, -0.2) is 53.4 Å². The number of ether oxygens (including phenoxy) is 1. The van der Waals surface area contributed by atoms with Gasteiger partial charge in [0.1, 0.15) is 0 Å². The van der Waals surface area contributed by atoms with E-state index in [0.29, 0.717) is 26.2 Å². The van der Waals surface area contributed by atoms with Crippen LogP contribution in [0.5, 0.6) is 0 Å². The monoisotopic (exact) mass is 293 g/mol. The minimum Gasteiger partial charge on any atom is -0.481 e. The summed E-state index contributed by atoms with van der Waals surface area (Å²) in [5.41, 5.74) is 1.16. The molecule has 1 saturated heterocycles. The van der Waals surface area contributed by atoms with Crippen molar-refractivity contribution >= 4 is 5.97 Å². The molecule has 5 heteroatoms. The number of rotatable bonds is 7. The van der Waals surface area contributed by atoms with Crippen LogP contribution in [0.1, 0.15) is 18.4 Å². The molecule has 1 fully saturated rings. The molecule has 21 heavy (non-hydrogen) atoms. The van der Waals surface area contributed by atoms with E-state index in [9.17, 15) is 9.90 Å². The van der Waals surface area contributed by atoms with Gasteiger partial charge in [-0.25, -0.2) is 0 Å². The Morgan fingerprint density at radius 3 is 2.76 bits per heavy atom. The number of piperidine rings is 1. The van der Waals surface area contributed by atoms with Gasteiger partial charge in [0.25, 0.3) is 0 Å². The molecule has 0 aliphatic carbocycles. The summed E-state index contributed by atoms with van der Waals surface area (Å²) in [7, 11) is 0. The molecule has 1 aliphatic rings. The van der Waals surface area contributed by atoms with E-state index in [1.165, 1.54) is 0 Å². The summed E-state index contributed by atoms with van der Waals surface area (Å²) >= 11 is 0. The molecule has 116 valence electrons. The molecular weight excluding hydrogens is 270 g/mol. The molecule has 0 spiro atoms. The average Bonchev–Trinajstić information content (AvgIpc) is 2.47. The van der Waals surface area contributed by atoms with Gasteiger partial charge in [0.15, 0.2) is 0 Å². The number of hydrogen-bond donors (Lipinski definition) is 2. The Morgan fingerprint density at radius 1 is 1.33 bits per heavy atom. The molecule has 5 nitrogen and oxygen atoms in total. The van der Waals surface area contributed by atoms with Crippen molar-refractivity contribution in [2.75, 3.05) is 26.2 Å². The summed E-state index contributed by atoms with van der Waals surface area (Å²) in [5, 5.41) is 18.8. The van der Waals surface area contributed by atoms with Crippen LogP contribution in [0.15, 0.2) is 30.3 Å². The molecule has 1 aliphatic heterocycles. The smallest absolute Gasteiger partial charge is 0.309 e. The first kappa shape index (κ1) is 15.9. The van der Waals surface area contributed by atoms with Crippen molar-refractivity contribution < 1.29 is 19.7 Å². The number of aliphatic carboxylic acids is 1. The van der Waals surface area contributed by atoms with Crippen LogP contribution in [0.2, 0.25) is 0 Å². The quantitative estimate of drug-likeness (QED) is 0.743. The minimum atomic E-state index is -0.895. The van der Waals surface area contributed by atoms with Crippen molar-refractivity contribution in [1.82, 2.24) is 4.90 Å². The van der Waals surface area contributed by atoms with Gasteiger partial charge in [-0.3, -0.25) is 4.79 Å². The average molecular weight is 293 g/mol. The molecule has 1 aromatic carbocycles. The molecule has 0 aromatic heterocycles. The van der Waals surface area contributed by atoms with Gasteiger partial charge in [-0.15, -0.1) is 0 Å². The standard InChI is InChI=1S/C16H23NO4/c18-15-11-17(9-7-14(15)16(19)20)8-4-10-21-12-13-5-2-1-3-6-13/h1-3,5-6,14-15,18H,4,7-12H2,(H,19,20)/t14-,15+/m0/s1. The highest BCUT2D eigenvalue weighted by Crippen LogP contribution is 2.18. The highest BCUT2D eigenvalue weighted by molar-refractivity contribution is 5.70. The van der Waals surface area contributed by atoms with Gasteiger partial charge in [-0.1, -0.05) is 30.3 Å². The van der Waals surface area contributed by atoms with Crippen LogP contribution in [0, 0.1) is 5.92 Å². The molecule has 0 unspecified atom stereocenters. The van der Waals surface area contributed by atoms with E-state index in [0.717, 1.165) is 25.1 Å². The maximum atomic E-state index is 10.9. The van der Waals surface area contributed by atoms with Crippen molar-refractivity contribution in [1.29, 1.82) is 0 Å². The maximum Gasteiger partial charge on any atom is 0.309 e. The van der Waals surface area contributed by atoms with E-state index in [4.69, 9.17) is 9.84 Å². The Morgan fingerprint density at radius 2 is 2.10 bits per heavy atom. The van der Waals surface area contributed by atoms with Crippen molar-refractivity contribution in [2.24, 2.45) is 5.92 Å². The zero-order valence-electron chi connectivity index (χ0n) is 12.1. The van der Waals surface area contributed by atoms with Crippen LogP contribution in [0.3, 0.4) is 0 Å². The number of β-amino-alcohol motifs (C(OH)–C–C–N with tert-alkyl or cyclic N) is 1. The van der Waals surface area contributed by atoms with Gasteiger partial charge in [-0.2, -0.15) is 0 Å². The Hall–Kier alpha value is -1.43. The second-order valence-corrected chi connectivity index (χ2v) is 5.49. The molecule has 2 atom stereocenters. The lowest BCUT2D eigenvalue weighted by molar-refractivity contribution is -0.148. The lowest BCUT2D eigenvalue weighted by atomic mass is 9.94. The number of likely N-dealkylation sites (tertiary alicyclic amines) is 1. The number of aliphatic hydroxyl groups excluding tert-OH is 1. The third-order valence-electron chi connectivity index (χ3n) is 3.86. The highest BCUT2D eigenvalue weighted by Gasteiger charge is 2.32. The summed E-state index contributed by atoms with van der Waals surface area (Å²) < 4.78 is 5.61. The summed E-state index contributed by atoms with van der Waals surface area (Å²) in [5.74, 6) is -1.51. The molecule has 0 radical (unpaired) electrons. The first-order valence-electron chi connectivity index (χ1n) is 7.41. The Kier molecular flexibility index (Phi) is 6.17. The Labute approximate surface area is 125 Å². The van der Waals surface area contributed by atoms with Crippen molar-refractivity contribution in [2.45, 2.75) is 25.6 Å². The van der Waals surface area contributed by atoms with Gasteiger partial charge in [0, 0.05) is 19.7 Å². The van der Waals surface area contributed by atoms with Crippen LogP contribution in [-0.2, 0) is 16.1 Å². The fourth-order valence-corrected chi connectivity index (χ4v) is 2.64. The zero-order chi connectivity index (χ0) is 15.1. The summed E-state index contributed by atoms with van der Waals surface area (Å²) in [4.78, 5) is 13.0. The number of carboxylic acids is 1. The number of aliphatic hydroxyl groups is 1. The van der Waals surface area contributed by atoms with Crippen LogP contribution in [0.25, 0.3) is 0 Å². The van der Waals surface area contributed by atoms with Crippen molar-refractivity contribution in [3.63, 3.8) is 0 Å². The van der Waals surface area contributed by atoms with E-state index in [2.05, 4.69) is 4.90 Å². The minimum absolute atomic E-state index is 0.440. The third kappa shape index (κ3) is 5.12. The number of hydrogen-bond acceptors (Lipinski definition) is 4. The fourth-order valence-electron chi connectivity index (χ4n) is 2.64. The van der Waals surface area contributed by atoms with E-state index >= 15 is 0 Å². The molecular formula is C16H23NO4. The number of carbonyl (C=O) groups is 1.